The highest BCUT2D eigenvalue weighted by Crippen LogP contribution is 2.37. The molecule has 0 saturated carbocycles. The molecule has 2 aliphatic rings. The van der Waals surface area contributed by atoms with Crippen LogP contribution in [-0.4, -0.2) is 38.4 Å². The van der Waals surface area contributed by atoms with Crippen molar-refractivity contribution in [2.24, 2.45) is 11.8 Å². The van der Waals surface area contributed by atoms with Crippen molar-refractivity contribution in [1.29, 1.82) is 0 Å². The van der Waals surface area contributed by atoms with Gasteiger partial charge in [0.2, 0.25) is 10.0 Å². The van der Waals surface area contributed by atoms with Crippen LogP contribution in [0.3, 0.4) is 0 Å². The van der Waals surface area contributed by atoms with E-state index in [0.29, 0.717) is 23.4 Å². The summed E-state index contributed by atoms with van der Waals surface area (Å²) in [6, 6.07) is 5.14. The Hall–Kier alpha value is -0.620. The van der Waals surface area contributed by atoms with Crippen molar-refractivity contribution in [2.45, 2.75) is 24.8 Å². The van der Waals surface area contributed by atoms with Crippen LogP contribution < -0.4 is 5.32 Å². The molecule has 110 valence electrons. The number of halogens is 1. The summed E-state index contributed by atoms with van der Waals surface area (Å²) in [5, 5.41) is 3.65. The number of sulfonamides is 1. The number of nitrogens with one attached hydrogen (secondary N) is 1. The lowest BCUT2D eigenvalue weighted by atomic mass is 9.95. The molecule has 0 spiro atoms. The summed E-state index contributed by atoms with van der Waals surface area (Å²) in [4.78, 5) is 0.226. The van der Waals surface area contributed by atoms with Gasteiger partial charge in [-0.1, -0.05) is 17.7 Å². The van der Waals surface area contributed by atoms with Crippen LogP contribution >= 0.6 is 11.6 Å². The molecule has 1 aromatic rings. The summed E-state index contributed by atoms with van der Waals surface area (Å²) >= 11 is 6.14. The van der Waals surface area contributed by atoms with Gasteiger partial charge in [0.25, 0.3) is 0 Å². The standard InChI is InChI=1S/C14H19ClN2O2S/c1-9-3-4-14(13(15)5-9)20(18,19)17-8-11-6-16-7-12(11)10(17)2/h3-5,10-12,16H,6-8H2,1-2H3. The zero-order valence-electron chi connectivity index (χ0n) is 11.6. The fraction of sp³-hybridized carbons (Fsp3) is 0.571. The minimum absolute atomic E-state index is 0.0253. The third-order valence-electron chi connectivity index (χ3n) is 4.55. The number of nitrogens with zero attached hydrogens (tertiary/aromatic N) is 1. The van der Waals surface area contributed by atoms with E-state index >= 15 is 0 Å². The average Bonchev–Trinajstić information content (AvgIpc) is 2.92. The van der Waals surface area contributed by atoms with Gasteiger partial charge >= 0.3 is 0 Å². The van der Waals surface area contributed by atoms with Crippen molar-refractivity contribution in [1.82, 2.24) is 9.62 Å². The average molecular weight is 315 g/mol. The Kier molecular flexibility index (Phi) is 3.57. The fourth-order valence-electron chi connectivity index (χ4n) is 3.39. The molecule has 4 nitrogen and oxygen atoms in total. The molecule has 3 unspecified atom stereocenters. The molecule has 0 amide bonds. The maximum Gasteiger partial charge on any atom is 0.244 e. The smallest absolute Gasteiger partial charge is 0.244 e. The molecule has 0 aromatic heterocycles. The predicted octanol–water partition coefficient (Wildman–Crippen LogP) is 1.88. The van der Waals surface area contributed by atoms with Gasteiger partial charge in [-0.15, -0.1) is 0 Å². The fourth-order valence-corrected chi connectivity index (χ4v) is 5.69. The van der Waals surface area contributed by atoms with Gasteiger partial charge in [-0.2, -0.15) is 4.31 Å². The zero-order chi connectivity index (χ0) is 14.5. The van der Waals surface area contributed by atoms with Gasteiger partial charge in [-0.05, 0) is 56.5 Å². The molecule has 2 heterocycles. The minimum atomic E-state index is -3.50. The number of aryl methyl sites for hydroxylation is 1. The first-order chi connectivity index (χ1) is 9.41. The third-order valence-corrected chi connectivity index (χ3v) is 6.99. The van der Waals surface area contributed by atoms with Crippen molar-refractivity contribution in [3.8, 4) is 0 Å². The molecule has 3 rings (SSSR count). The van der Waals surface area contributed by atoms with Crippen LogP contribution in [0, 0.1) is 18.8 Å². The second-order valence-corrected chi connectivity index (χ2v) is 8.10. The second kappa shape index (κ2) is 4.98. The van der Waals surface area contributed by atoms with Gasteiger partial charge in [-0.25, -0.2) is 8.42 Å². The van der Waals surface area contributed by atoms with E-state index in [-0.39, 0.29) is 10.9 Å². The van der Waals surface area contributed by atoms with Gasteiger partial charge in [0.15, 0.2) is 0 Å². The molecule has 1 aromatic carbocycles. The molecule has 2 fully saturated rings. The van der Waals surface area contributed by atoms with Crippen LogP contribution in [0.15, 0.2) is 23.1 Å². The predicted molar refractivity (Wildman–Crippen MR) is 79.4 cm³/mol. The van der Waals surface area contributed by atoms with Crippen molar-refractivity contribution >= 4 is 21.6 Å². The lowest BCUT2D eigenvalue weighted by Crippen LogP contribution is -2.38. The van der Waals surface area contributed by atoms with E-state index in [1.165, 1.54) is 0 Å². The normalized spacial score (nSPS) is 30.6. The maximum atomic E-state index is 12.8. The highest BCUT2D eigenvalue weighted by atomic mass is 35.5. The van der Waals surface area contributed by atoms with Crippen LogP contribution in [0.4, 0.5) is 0 Å². The summed E-state index contributed by atoms with van der Waals surface area (Å²) in [5.74, 6) is 0.831. The monoisotopic (exact) mass is 314 g/mol. The highest BCUT2D eigenvalue weighted by molar-refractivity contribution is 7.89. The number of rotatable bonds is 2. The van der Waals surface area contributed by atoms with Gasteiger partial charge in [0.05, 0.1) is 5.02 Å². The number of benzene rings is 1. The van der Waals surface area contributed by atoms with Gasteiger partial charge < -0.3 is 5.32 Å². The van der Waals surface area contributed by atoms with Gasteiger partial charge in [-0.3, -0.25) is 0 Å². The summed E-state index contributed by atoms with van der Waals surface area (Å²) in [7, 11) is -3.50. The Bertz CT molecular complexity index is 632. The molecular formula is C14H19ClN2O2S. The van der Waals surface area contributed by atoms with E-state index in [4.69, 9.17) is 11.6 Å². The molecule has 0 radical (unpaired) electrons. The van der Waals surface area contributed by atoms with E-state index < -0.39 is 10.0 Å². The number of hydrogen-bond acceptors (Lipinski definition) is 3. The van der Waals surface area contributed by atoms with E-state index in [1.54, 1.807) is 22.5 Å². The highest BCUT2D eigenvalue weighted by Gasteiger charge is 2.47. The molecule has 6 heteroatoms. The zero-order valence-corrected chi connectivity index (χ0v) is 13.2. The van der Waals surface area contributed by atoms with E-state index in [2.05, 4.69) is 5.32 Å². The molecule has 2 aliphatic heterocycles. The summed E-state index contributed by atoms with van der Waals surface area (Å²) in [6.07, 6.45) is 0. The Morgan fingerprint density at radius 1 is 1.35 bits per heavy atom. The molecule has 1 N–H and O–H groups in total. The van der Waals surface area contributed by atoms with E-state index in [1.807, 2.05) is 13.8 Å². The quantitative estimate of drug-likeness (QED) is 0.906. The van der Waals surface area contributed by atoms with Gasteiger partial charge in [0.1, 0.15) is 4.90 Å². The Labute approximate surface area is 125 Å². The van der Waals surface area contributed by atoms with Crippen molar-refractivity contribution < 1.29 is 8.42 Å². The second-order valence-electron chi connectivity index (χ2n) is 5.83. The first-order valence-corrected chi connectivity index (χ1v) is 8.72. The summed E-state index contributed by atoms with van der Waals surface area (Å²) in [5.41, 5.74) is 0.962. The van der Waals surface area contributed by atoms with Gasteiger partial charge in [0, 0.05) is 12.6 Å². The lowest BCUT2D eigenvalue weighted by molar-refractivity contribution is 0.360. The summed E-state index contributed by atoms with van der Waals surface area (Å²) in [6.45, 7) is 6.29. The van der Waals surface area contributed by atoms with Crippen molar-refractivity contribution in [3.63, 3.8) is 0 Å². The SMILES string of the molecule is Cc1ccc(S(=O)(=O)N2CC3CNCC3C2C)c(Cl)c1. The Morgan fingerprint density at radius 3 is 2.75 bits per heavy atom. The first kappa shape index (κ1) is 14.3. The van der Waals surface area contributed by atoms with Crippen LogP contribution in [0.2, 0.25) is 5.02 Å². The van der Waals surface area contributed by atoms with E-state index in [9.17, 15) is 8.42 Å². The lowest BCUT2D eigenvalue weighted by Gasteiger charge is -2.24. The Morgan fingerprint density at radius 2 is 2.10 bits per heavy atom. The van der Waals surface area contributed by atoms with Crippen LogP contribution in [0.1, 0.15) is 12.5 Å². The maximum absolute atomic E-state index is 12.8. The van der Waals surface area contributed by atoms with Crippen molar-refractivity contribution in [2.75, 3.05) is 19.6 Å². The number of hydrogen-bond donors (Lipinski definition) is 1. The molecule has 0 bridgehead atoms. The third kappa shape index (κ3) is 2.17. The number of fused-ring (bicyclic) bond motifs is 1. The topological polar surface area (TPSA) is 49.4 Å². The first-order valence-electron chi connectivity index (χ1n) is 6.90. The van der Waals surface area contributed by atoms with E-state index in [0.717, 1.165) is 18.7 Å². The minimum Gasteiger partial charge on any atom is -0.316 e. The largest absolute Gasteiger partial charge is 0.316 e. The summed E-state index contributed by atoms with van der Waals surface area (Å²) < 4.78 is 27.3. The Balaban J connectivity index is 1.96. The van der Waals surface area contributed by atoms with Crippen LogP contribution in [0.5, 0.6) is 0 Å². The molecular weight excluding hydrogens is 296 g/mol. The van der Waals surface area contributed by atoms with Crippen LogP contribution in [-0.2, 0) is 10.0 Å². The molecule has 0 aliphatic carbocycles. The molecule has 20 heavy (non-hydrogen) atoms. The van der Waals surface area contributed by atoms with Crippen molar-refractivity contribution in [3.05, 3.63) is 28.8 Å². The molecule has 3 atom stereocenters. The van der Waals surface area contributed by atoms with Crippen LogP contribution in [0.25, 0.3) is 0 Å². The molecule has 2 saturated heterocycles.